The van der Waals surface area contributed by atoms with Gasteiger partial charge in [0.05, 0.1) is 29.6 Å². The molecular weight excluding hydrogens is 460 g/mol. The summed E-state index contributed by atoms with van der Waals surface area (Å²) in [7, 11) is 1.52. The standard InChI is InChI=1S/C23H15Cl3FN3O/c1-31-15-10-17(25)22(28-12-15)20-19(14-8-6-13(11-24)7-9-14)21(29-30-23(20)26)16-4-2-3-5-18(16)27/h2-10,12H,11H2,1H3. The number of rotatable bonds is 5. The molecule has 0 spiro atoms. The molecule has 2 aromatic carbocycles. The fourth-order valence-electron chi connectivity index (χ4n) is 3.23. The van der Waals surface area contributed by atoms with Gasteiger partial charge in [0.1, 0.15) is 17.3 Å². The van der Waals surface area contributed by atoms with Gasteiger partial charge in [-0.3, -0.25) is 4.98 Å². The number of benzene rings is 2. The van der Waals surface area contributed by atoms with Crippen LogP contribution in [0.2, 0.25) is 10.2 Å². The van der Waals surface area contributed by atoms with Crippen molar-refractivity contribution in [3.05, 3.63) is 82.4 Å². The lowest BCUT2D eigenvalue weighted by molar-refractivity contribution is 0.413. The summed E-state index contributed by atoms with van der Waals surface area (Å²) in [6, 6.07) is 15.5. The third-order valence-electron chi connectivity index (χ3n) is 4.75. The molecule has 8 heteroatoms. The molecule has 0 fully saturated rings. The molecule has 0 aliphatic carbocycles. The zero-order chi connectivity index (χ0) is 22.0. The Hall–Kier alpha value is -2.73. The van der Waals surface area contributed by atoms with Gasteiger partial charge >= 0.3 is 0 Å². The lowest BCUT2D eigenvalue weighted by Crippen LogP contribution is -2.01. The summed E-state index contributed by atoms with van der Waals surface area (Å²) in [5, 5.41) is 8.71. The van der Waals surface area contributed by atoms with E-state index in [0.29, 0.717) is 39.2 Å². The predicted octanol–water partition coefficient (Wildman–Crippen LogP) is 7.07. The Morgan fingerprint density at radius 1 is 0.935 bits per heavy atom. The molecule has 0 N–H and O–H groups in total. The fourth-order valence-corrected chi connectivity index (χ4v) is 3.88. The van der Waals surface area contributed by atoms with E-state index in [4.69, 9.17) is 39.5 Å². The van der Waals surface area contributed by atoms with Crippen molar-refractivity contribution in [2.75, 3.05) is 7.11 Å². The van der Waals surface area contributed by atoms with Crippen LogP contribution in [0.1, 0.15) is 5.56 Å². The molecule has 0 radical (unpaired) electrons. The summed E-state index contributed by atoms with van der Waals surface area (Å²) in [4.78, 5) is 4.43. The van der Waals surface area contributed by atoms with Gasteiger partial charge in [0.2, 0.25) is 0 Å². The molecule has 4 nitrogen and oxygen atoms in total. The van der Waals surface area contributed by atoms with Crippen LogP contribution in [0.5, 0.6) is 5.75 Å². The first-order valence-electron chi connectivity index (χ1n) is 9.19. The molecule has 0 saturated heterocycles. The first-order valence-corrected chi connectivity index (χ1v) is 10.5. The Kier molecular flexibility index (Phi) is 6.37. The van der Waals surface area contributed by atoms with Crippen LogP contribution in [0.4, 0.5) is 4.39 Å². The van der Waals surface area contributed by atoms with E-state index in [1.54, 1.807) is 24.3 Å². The summed E-state index contributed by atoms with van der Waals surface area (Å²) < 4.78 is 19.9. The van der Waals surface area contributed by atoms with Crippen LogP contribution in [-0.4, -0.2) is 22.3 Å². The zero-order valence-electron chi connectivity index (χ0n) is 16.2. The van der Waals surface area contributed by atoms with E-state index in [0.717, 1.165) is 11.1 Å². The van der Waals surface area contributed by atoms with E-state index in [1.807, 2.05) is 24.3 Å². The van der Waals surface area contributed by atoms with Crippen LogP contribution in [-0.2, 0) is 5.88 Å². The highest BCUT2D eigenvalue weighted by atomic mass is 35.5. The van der Waals surface area contributed by atoms with Crippen LogP contribution in [0.15, 0.2) is 60.8 Å². The molecule has 0 bridgehead atoms. The second-order valence-corrected chi connectivity index (χ2v) is 7.64. The highest BCUT2D eigenvalue weighted by Crippen LogP contribution is 2.44. The van der Waals surface area contributed by atoms with Crippen molar-refractivity contribution in [1.82, 2.24) is 15.2 Å². The van der Waals surface area contributed by atoms with Gasteiger partial charge in [0.25, 0.3) is 0 Å². The smallest absolute Gasteiger partial charge is 0.161 e. The zero-order valence-corrected chi connectivity index (χ0v) is 18.5. The highest BCUT2D eigenvalue weighted by Gasteiger charge is 2.24. The molecule has 2 aromatic heterocycles. The van der Waals surface area contributed by atoms with E-state index >= 15 is 0 Å². The molecule has 2 heterocycles. The van der Waals surface area contributed by atoms with E-state index in [2.05, 4.69) is 15.2 Å². The topological polar surface area (TPSA) is 47.9 Å². The molecule has 0 unspecified atom stereocenters. The molecule has 0 atom stereocenters. The molecule has 156 valence electrons. The van der Waals surface area contributed by atoms with Crippen LogP contribution in [0.3, 0.4) is 0 Å². The predicted molar refractivity (Wildman–Crippen MR) is 122 cm³/mol. The van der Waals surface area contributed by atoms with E-state index in [9.17, 15) is 4.39 Å². The van der Waals surface area contributed by atoms with Crippen LogP contribution >= 0.6 is 34.8 Å². The SMILES string of the molecule is COc1cnc(-c2c(Cl)nnc(-c3ccccc3F)c2-c2ccc(CCl)cc2)c(Cl)c1. The summed E-state index contributed by atoms with van der Waals surface area (Å²) >= 11 is 19.0. The van der Waals surface area contributed by atoms with Crippen molar-refractivity contribution < 1.29 is 9.13 Å². The first kappa shape index (κ1) is 21.5. The average Bonchev–Trinajstić information content (AvgIpc) is 2.80. The van der Waals surface area contributed by atoms with Crippen molar-refractivity contribution in [2.24, 2.45) is 0 Å². The van der Waals surface area contributed by atoms with E-state index in [1.165, 1.54) is 19.4 Å². The Morgan fingerprint density at radius 3 is 2.32 bits per heavy atom. The van der Waals surface area contributed by atoms with Gasteiger partial charge < -0.3 is 4.74 Å². The summed E-state index contributed by atoms with van der Waals surface area (Å²) in [6.45, 7) is 0. The number of aromatic nitrogens is 3. The Bertz CT molecular complexity index is 1250. The van der Waals surface area contributed by atoms with Crippen molar-refractivity contribution in [3.63, 3.8) is 0 Å². The molecular formula is C23H15Cl3FN3O. The van der Waals surface area contributed by atoms with Gasteiger partial charge in [-0.05, 0) is 23.3 Å². The van der Waals surface area contributed by atoms with Crippen LogP contribution in [0.25, 0.3) is 33.6 Å². The Labute approximate surface area is 193 Å². The highest BCUT2D eigenvalue weighted by molar-refractivity contribution is 6.36. The largest absolute Gasteiger partial charge is 0.495 e. The van der Waals surface area contributed by atoms with Gasteiger partial charge in [-0.1, -0.05) is 59.6 Å². The number of methoxy groups -OCH3 is 1. The van der Waals surface area contributed by atoms with Gasteiger partial charge in [-0.25, -0.2) is 4.39 Å². The monoisotopic (exact) mass is 473 g/mol. The Balaban J connectivity index is 2.06. The minimum Gasteiger partial charge on any atom is -0.495 e. The van der Waals surface area contributed by atoms with Gasteiger partial charge in [-0.15, -0.1) is 21.8 Å². The number of alkyl halides is 1. The maximum absolute atomic E-state index is 14.7. The molecule has 0 amide bonds. The minimum atomic E-state index is -0.433. The van der Waals surface area contributed by atoms with Crippen LogP contribution in [0, 0.1) is 5.82 Å². The summed E-state index contributed by atoms with van der Waals surface area (Å²) in [6.07, 6.45) is 1.53. The van der Waals surface area contributed by atoms with Crippen molar-refractivity contribution in [2.45, 2.75) is 5.88 Å². The number of hydrogen-bond acceptors (Lipinski definition) is 4. The van der Waals surface area contributed by atoms with Crippen molar-refractivity contribution in [1.29, 1.82) is 0 Å². The Morgan fingerprint density at radius 2 is 1.68 bits per heavy atom. The van der Waals surface area contributed by atoms with Gasteiger partial charge in [0.15, 0.2) is 5.15 Å². The lowest BCUT2D eigenvalue weighted by atomic mass is 9.93. The number of halogens is 4. The maximum atomic E-state index is 14.7. The fraction of sp³-hybridized carbons (Fsp3) is 0.0870. The lowest BCUT2D eigenvalue weighted by Gasteiger charge is -2.17. The first-order chi connectivity index (χ1) is 15.0. The average molecular weight is 475 g/mol. The summed E-state index contributed by atoms with van der Waals surface area (Å²) in [5.74, 6) is 0.431. The van der Waals surface area contributed by atoms with Crippen molar-refractivity contribution >= 4 is 34.8 Å². The molecule has 4 aromatic rings. The normalized spacial score (nSPS) is 10.9. The number of hydrogen-bond donors (Lipinski definition) is 0. The molecule has 0 aliphatic rings. The van der Waals surface area contributed by atoms with Gasteiger partial charge in [-0.2, -0.15) is 0 Å². The van der Waals surface area contributed by atoms with Crippen LogP contribution < -0.4 is 4.74 Å². The molecule has 31 heavy (non-hydrogen) atoms. The quantitative estimate of drug-likeness (QED) is 0.290. The number of pyridine rings is 1. The second kappa shape index (κ2) is 9.18. The third kappa shape index (κ3) is 4.22. The maximum Gasteiger partial charge on any atom is 0.161 e. The van der Waals surface area contributed by atoms with E-state index < -0.39 is 5.82 Å². The summed E-state index contributed by atoms with van der Waals surface area (Å²) in [5.41, 5.74) is 3.68. The van der Waals surface area contributed by atoms with E-state index in [-0.39, 0.29) is 10.7 Å². The van der Waals surface area contributed by atoms with Crippen molar-refractivity contribution in [3.8, 4) is 39.4 Å². The third-order valence-corrected chi connectivity index (χ3v) is 5.61. The van der Waals surface area contributed by atoms with Gasteiger partial charge in [0, 0.05) is 23.1 Å². The number of nitrogens with zero attached hydrogens (tertiary/aromatic N) is 3. The minimum absolute atomic E-state index is 0.0936. The number of ether oxygens (including phenoxy) is 1. The molecule has 0 aliphatic heterocycles. The second-order valence-electron chi connectivity index (χ2n) is 6.61. The molecule has 0 saturated carbocycles. The molecule has 4 rings (SSSR count).